The quantitative estimate of drug-likeness (QED) is 0.857. The van der Waals surface area contributed by atoms with E-state index in [9.17, 15) is 0 Å². The average Bonchev–Trinajstić information content (AvgIpc) is 2.75. The second-order valence-electron chi connectivity index (χ2n) is 5.23. The first kappa shape index (κ1) is 14.3. The van der Waals surface area contributed by atoms with Crippen molar-refractivity contribution in [2.45, 2.75) is 38.6 Å². The minimum Gasteiger partial charge on any atom is -0.491 e. The van der Waals surface area contributed by atoms with Gasteiger partial charge in [0.2, 0.25) is 0 Å². The van der Waals surface area contributed by atoms with Crippen molar-refractivity contribution in [2.75, 3.05) is 19.8 Å². The van der Waals surface area contributed by atoms with Crippen molar-refractivity contribution >= 4 is 0 Å². The lowest BCUT2D eigenvalue weighted by atomic mass is 10.1. The van der Waals surface area contributed by atoms with Crippen LogP contribution in [-0.4, -0.2) is 36.8 Å². The Bertz CT molecular complexity index is 386. The van der Waals surface area contributed by atoms with Gasteiger partial charge in [-0.2, -0.15) is 0 Å². The Morgan fingerprint density at radius 2 is 2.05 bits per heavy atom. The molecule has 1 heterocycles. The summed E-state index contributed by atoms with van der Waals surface area (Å²) in [5.41, 5.74) is 1.21. The molecule has 0 amide bonds. The number of aliphatic hydroxyl groups excluding tert-OH is 1. The van der Waals surface area contributed by atoms with Crippen molar-refractivity contribution in [1.29, 1.82) is 0 Å². The molecular weight excluding hydrogens is 244 g/mol. The lowest BCUT2D eigenvalue weighted by Gasteiger charge is -2.17. The molecule has 1 N–H and O–H groups in total. The standard InChI is InChI=1S/C15H22O4/c1-15(2)18-11-14(19-15)10-17-13-7-5-12(6-8-13)4-3-9-16/h5-8,14,16H,3-4,9-11H2,1-2H3/t14-/m1/s1. The van der Waals surface area contributed by atoms with Gasteiger partial charge in [-0.25, -0.2) is 0 Å². The minimum atomic E-state index is -0.498. The first-order valence-electron chi connectivity index (χ1n) is 6.73. The monoisotopic (exact) mass is 266 g/mol. The predicted octanol–water partition coefficient (Wildman–Crippen LogP) is 2.14. The Hall–Kier alpha value is -1.10. The van der Waals surface area contributed by atoms with Crippen molar-refractivity contribution in [3.63, 3.8) is 0 Å². The summed E-state index contributed by atoms with van der Waals surface area (Å²) in [6.07, 6.45) is 1.68. The highest BCUT2D eigenvalue weighted by molar-refractivity contribution is 5.27. The molecule has 0 saturated carbocycles. The number of hydrogen-bond donors (Lipinski definition) is 1. The Morgan fingerprint density at radius 3 is 2.63 bits per heavy atom. The molecule has 19 heavy (non-hydrogen) atoms. The van der Waals surface area contributed by atoms with E-state index < -0.39 is 5.79 Å². The highest BCUT2D eigenvalue weighted by Crippen LogP contribution is 2.23. The van der Waals surface area contributed by atoms with Crippen LogP contribution in [0.2, 0.25) is 0 Å². The minimum absolute atomic E-state index is 0.0101. The van der Waals surface area contributed by atoms with E-state index in [0.29, 0.717) is 13.2 Å². The topological polar surface area (TPSA) is 47.9 Å². The number of aryl methyl sites for hydroxylation is 1. The highest BCUT2D eigenvalue weighted by Gasteiger charge is 2.32. The summed E-state index contributed by atoms with van der Waals surface area (Å²) < 4.78 is 16.8. The van der Waals surface area contributed by atoms with E-state index in [1.165, 1.54) is 5.56 Å². The molecule has 1 atom stereocenters. The lowest BCUT2D eigenvalue weighted by Crippen LogP contribution is -2.25. The number of aliphatic hydroxyl groups is 1. The van der Waals surface area contributed by atoms with Crippen LogP contribution in [0.3, 0.4) is 0 Å². The van der Waals surface area contributed by atoms with E-state index in [-0.39, 0.29) is 12.7 Å². The molecule has 0 bridgehead atoms. The van der Waals surface area contributed by atoms with Crippen molar-refractivity contribution < 1.29 is 19.3 Å². The number of benzene rings is 1. The fourth-order valence-corrected chi connectivity index (χ4v) is 2.07. The molecule has 0 radical (unpaired) electrons. The SMILES string of the molecule is CC1(C)OC[C@@H](COc2ccc(CCCO)cc2)O1. The summed E-state index contributed by atoms with van der Waals surface area (Å²) in [5, 5.41) is 8.78. The van der Waals surface area contributed by atoms with Gasteiger partial charge < -0.3 is 19.3 Å². The zero-order valence-corrected chi connectivity index (χ0v) is 11.6. The van der Waals surface area contributed by atoms with E-state index >= 15 is 0 Å². The van der Waals surface area contributed by atoms with Gasteiger partial charge in [0.25, 0.3) is 0 Å². The molecule has 1 aliphatic heterocycles. The average molecular weight is 266 g/mol. The summed E-state index contributed by atoms with van der Waals surface area (Å²) in [7, 11) is 0. The molecule has 0 spiro atoms. The third-order valence-corrected chi connectivity index (χ3v) is 3.05. The van der Waals surface area contributed by atoms with Crippen LogP contribution in [-0.2, 0) is 15.9 Å². The highest BCUT2D eigenvalue weighted by atomic mass is 16.7. The molecule has 0 aliphatic carbocycles. The summed E-state index contributed by atoms with van der Waals surface area (Å²) in [6, 6.07) is 7.96. The van der Waals surface area contributed by atoms with Gasteiger partial charge in [0.05, 0.1) is 6.61 Å². The van der Waals surface area contributed by atoms with Gasteiger partial charge in [0.1, 0.15) is 18.5 Å². The van der Waals surface area contributed by atoms with Crippen molar-refractivity contribution in [3.05, 3.63) is 29.8 Å². The van der Waals surface area contributed by atoms with Crippen LogP contribution in [0.5, 0.6) is 5.75 Å². The molecule has 1 aromatic rings. The normalized spacial score (nSPS) is 21.5. The largest absolute Gasteiger partial charge is 0.491 e. The summed E-state index contributed by atoms with van der Waals surface area (Å²) >= 11 is 0. The number of hydrogen-bond acceptors (Lipinski definition) is 4. The van der Waals surface area contributed by atoms with Gasteiger partial charge in [0, 0.05) is 6.61 Å². The molecule has 1 fully saturated rings. The van der Waals surface area contributed by atoms with E-state index in [4.69, 9.17) is 19.3 Å². The van der Waals surface area contributed by atoms with E-state index in [0.717, 1.165) is 18.6 Å². The van der Waals surface area contributed by atoms with E-state index in [1.807, 2.05) is 38.1 Å². The maximum absolute atomic E-state index is 8.78. The summed E-state index contributed by atoms with van der Waals surface area (Å²) in [6.45, 7) is 5.11. The molecular formula is C15H22O4. The Balaban J connectivity index is 1.77. The van der Waals surface area contributed by atoms with Crippen LogP contribution in [0.25, 0.3) is 0 Å². The second kappa shape index (κ2) is 6.37. The van der Waals surface area contributed by atoms with Crippen LogP contribution < -0.4 is 4.74 Å². The molecule has 1 aliphatic rings. The number of ether oxygens (including phenoxy) is 3. The Kier molecular flexibility index (Phi) is 4.80. The maximum Gasteiger partial charge on any atom is 0.163 e. The van der Waals surface area contributed by atoms with Gasteiger partial charge in [-0.1, -0.05) is 12.1 Å². The van der Waals surface area contributed by atoms with E-state index in [2.05, 4.69) is 0 Å². The van der Waals surface area contributed by atoms with E-state index in [1.54, 1.807) is 0 Å². The summed E-state index contributed by atoms with van der Waals surface area (Å²) in [5.74, 6) is 0.336. The van der Waals surface area contributed by atoms with Crippen LogP contribution in [0.15, 0.2) is 24.3 Å². The van der Waals surface area contributed by atoms with Crippen LogP contribution in [0.1, 0.15) is 25.8 Å². The molecule has 106 valence electrons. The fourth-order valence-electron chi connectivity index (χ4n) is 2.07. The zero-order valence-electron chi connectivity index (χ0n) is 11.6. The fraction of sp³-hybridized carbons (Fsp3) is 0.600. The molecule has 4 heteroatoms. The molecule has 1 saturated heterocycles. The number of rotatable bonds is 6. The smallest absolute Gasteiger partial charge is 0.163 e. The van der Waals surface area contributed by atoms with Gasteiger partial charge in [0.15, 0.2) is 5.79 Å². The molecule has 0 unspecified atom stereocenters. The van der Waals surface area contributed by atoms with Gasteiger partial charge >= 0.3 is 0 Å². The van der Waals surface area contributed by atoms with Gasteiger partial charge in [-0.3, -0.25) is 0 Å². The third kappa shape index (κ3) is 4.49. The first-order chi connectivity index (χ1) is 9.09. The van der Waals surface area contributed by atoms with Gasteiger partial charge in [-0.05, 0) is 44.4 Å². The second-order valence-corrected chi connectivity index (χ2v) is 5.23. The van der Waals surface area contributed by atoms with Gasteiger partial charge in [-0.15, -0.1) is 0 Å². The summed E-state index contributed by atoms with van der Waals surface area (Å²) in [4.78, 5) is 0. The lowest BCUT2D eigenvalue weighted by molar-refractivity contribution is -0.141. The van der Waals surface area contributed by atoms with Crippen LogP contribution in [0.4, 0.5) is 0 Å². The first-order valence-corrected chi connectivity index (χ1v) is 6.73. The van der Waals surface area contributed by atoms with Crippen LogP contribution >= 0.6 is 0 Å². The van der Waals surface area contributed by atoms with Crippen molar-refractivity contribution in [2.24, 2.45) is 0 Å². The maximum atomic E-state index is 8.78. The van der Waals surface area contributed by atoms with Crippen LogP contribution in [0, 0.1) is 0 Å². The van der Waals surface area contributed by atoms with Crippen molar-refractivity contribution in [3.8, 4) is 5.75 Å². The predicted molar refractivity (Wildman–Crippen MR) is 72.2 cm³/mol. The van der Waals surface area contributed by atoms with Crippen molar-refractivity contribution in [1.82, 2.24) is 0 Å². The molecule has 0 aromatic heterocycles. The molecule has 1 aromatic carbocycles. The molecule has 4 nitrogen and oxygen atoms in total. The Morgan fingerprint density at radius 1 is 1.32 bits per heavy atom. The Labute approximate surface area is 114 Å². The zero-order chi connectivity index (χ0) is 13.7. The third-order valence-electron chi connectivity index (χ3n) is 3.05. The molecule has 2 rings (SSSR count).